The van der Waals surface area contributed by atoms with Gasteiger partial charge < -0.3 is 14.5 Å². The molecule has 2 aliphatic heterocycles. The lowest BCUT2D eigenvalue weighted by molar-refractivity contribution is -0.274. The van der Waals surface area contributed by atoms with Gasteiger partial charge in [0.05, 0.1) is 0 Å². The van der Waals surface area contributed by atoms with Crippen LogP contribution in [0.4, 0.5) is 47.3 Å². The molecule has 0 N–H and O–H groups in total. The predicted octanol–water partition coefficient (Wildman–Crippen LogP) is 10.2. The minimum absolute atomic E-state index is 0.264. The highest BCUT2D eigenvalue weighted by Crippen LogP contribution is 2.49. The van der Waals surface area contributed by atoms with Crippen LogP contribution < -0.4 is 30.9 Å². The molecule has 0 atom stereocenters. The van der Waals surface area contributed by atoms with Gasteiger partial charge in [-0.1, -0.05) is 96.1 Å². The summed E-state index contributed by atoms with van der Waals surface area (Å²) in [5, 5.41) is 4.28. The number of fused-ring (bicyclic) bond motifs is 8. The van der Waals surface area contributed by atoms with Crippen molar-refractivity contribution in [2.75, 3.05) is 9.80 Å². The zero-order chi connectivity index (χ0) is 34.5. The minimum Gasteiger partial charge on any atom is -0.406 e. The Bertz CT molecular complexity index is 2340. The Hall–Kier alpha value is -5.69. The third-order valence-corrected chi connectivity index (χ3v) is 10.3. The number of rotatable bonds is 3. The summed E-state index contributed by atoms with van der Waals surface area (Å²) in [6, 6.07) is 40.7. The molecule has 0 aliphatic carbocycles. The summed E-state index contributed by atoms with van der Waals surface area (Å²) >= 11 is 0. The van der Waals surface area contributed by atoms with Crippen LogP contribution in [0.3, 0.4) is 0 Å². The molecular weight excluding hydrogens is 628 g/mol. The maximum Gasteiger partial charge on any atom is 0.573 e. The first-order valence-corrected chi connectivity index (χ1v) is 16.8. The van der Waals surface area contributed by atoms with E-state index in [0.717, 1.165) is 82.9 Å². The molecular formula is C43H32BF3N2O. The van der Waals surface area contributed by atoms with Crippen LogP contribution in [0.25, 0.3) is 21.5 Å². The number of hydrogen-bond acceptors (Lipinski definition) is 3. The van der Waals surface area contributed by atoms with Gasteiger partial charge in [0.1, 0.15) is 5.75 Å². The van der Waals surface area contributed by atoms with Gasteiger partial charge in [0.15, 0.2) is 0 Å². The Morgan fingerprint density at radius 1 is 0.520 bits per heavy atom. The van der Waals surface area contributed by atoms with Crippen molar-refractivity contribution >= 4 is 78.8 Å². The summed E-state index contributed by atoms with van der Waals surface area (Å²) in [5.41, 5.74) is 12.6. The van der Waals surface area contributed by atoms with Crippen LogP contribution in [0, 0.1) is 27.7 Å². The average Bonchev–Trinajstić information content (AvgIpc) is 3.09. The number of halogens is 3. The molecule has 0 amide bonds. The first kappa shape index (κ1) is 30.4. The molecule has 0 saturated heterocycles. The van der Waals surface area contributed by atoms with Gasteiger partial charge >= 0.3 is 6.36 Å². The lowest BCUT2D eigenvalue weighted by atomic mass is 9.33. The maximum absolute atomic E-state index is 14.2. The van der Waals surface area contributed by atoms with Gasteiger partial charge in [-0.3, -0.25) is 0 Å². The van der Waals surface area contributed by atoms with E-state index in [1.165, 1.54) is 0 Å². The Kier molecular flexibility index (Phi) is 6.63. The number of hydrogen-bond donors (Lipinski definition) is 0. The zero-order valence-corrected chi connectivity index (χ0v) is 28.1. The van der Waals surface area contributed by atoms with Gasteiger partial charge in [0.2, 0.25) is 0 Å². The molecule has 0 unspecified atom stereocenters. The molecule has 0 saturated carbocycles. The number of benzene rings is 7. The molecule has 0 fully saturated rings. The summed E-state index contributed by atoms with van der Waals surface area (Å²) in [6.45, 7) is 8.09. The SMILES string of the molecule is Cc1ccc(N2c3cc(OC(F)(F)F)cc4c3B(c3cc(C)c5ccccc5c32)c2cc(C)c3ccccc3c2N4c2ccc(C)cc2)cc1. The van der Waals surface area contributed by atoms with Crippen molar-refractivity contribution in [1.82, 2.24) is 0 Å². The fourth-order valence-corrected chi connectivity index (χ4v) is 8.18. The second-order valence-corrected chi connectivity index (χ2v) is 13.6. The molecule has 3 nitrogen and oxygen atoms in total. The highest BCUT2D eigenvalue weighted by molar-refractivity contribution is 7.00. The normalized spacial score (nSPS) is 13.4. The largest absolute Gasteiger partial charge is 0.573 e. The van der Waals surface area contributed by atoms with Gasteiger partial charge in [-0.05, 0) is 90.2 Å². The lowest BCUT2D eigenvalue weighted by Crippen LogP contribution is -2.61. The van der Waals surface area contributed by atoms with Crippen molar-refractivity contribution in [3.63, 3.8) is 0 Å². The fraction of sp³-hybridized carbons (Fsp3) is 0.116. The number of anilines is 6. The Morgan fingerprint density at radius 2 is 0.920 bits per heavy atom. The van der Waals surface area contributed by atoms with Crippen LogP contribution in [0.2, 0.25) is 0 Å². The Balaban J connectivity index is 1.49. The summed E-state index contributed by atoms with van der Waals surface area (Å²) in [6.07, 6.45) is -4.88. The molecule has 0 aromatic heterocycles. The summed E-state index contributed by atoms with van der Waals surface area (Å²) in [7, 11) is 0. The monoisotopic (exact) mass is 660 g/mol. The molecule has 244 valence electrons. The summed E-state index contributed by atoms with van der Waals surface area (Å²) in [4.78, 5) is 4.28. The van der Waals surface area contributed by atoms with Crippen LogP contribution in [-0.4, -0.2) is 13.1 Å². The molecule has 7 heteroatoms. The van der Waals surface area contributed by atoms with E-state index in [0.29, 0.717) is 11.4 Å². The van der Waals surface area contributed by atoms with Gasteiger partial charge in [-0.2, -0.15) is 0 Å². The van der Waals surface area contributed by atoms with E-state index in [-0.39, 0.29) is 12.5 Å². The molecule has 7 aromatic rings. The van der Waals surface area contributed by atoms with Crippen LogP contribution in [0.1, 0.15) is 22.3 Å². The van der Waals surface area contributed by atoms with Gasteiger partial charge in [-0.25, -0.2) is 0 Å². The van der Waals surface area contributed by atoms with E-state index in [1.54, 1.807) is 12.1 Å². The highest BCUT2D eigenvalue weighted by Gasteiger charge is 2.46. The lowest BCUT2D eigenvalue weighted by Gasteiger charge is -2.45. The quantitative estimate of drug-likeness (QED) is 0.176. The van der Waals surface area contributed by atoms with Crippen molar-refractivity contribution < 1.29 is 17.9 Å². The molecule has 0 spiro atoms. The minimum atomic E-state index is -4.88. The van der Waals surface area contributed by atoms with Gasteiger partial charge in [-0.15, -0.1) is 13.2 Å². The molecule has 50 heavy (non-hydrogen) atoms. The number of alkyl halides is 3. The third-order valence-electron chi connectivity index (χ3n) is 10.3. The Morgan fingerprint density at radius 3 is 1.32 bits per heavy atom. The molecule has 2 aliphatic rings. The number of nitrogens with zero attached hydrogens (tertiary/aromatic N) is 2. The topological polar surface area (TPSA) is 15.7 Å². The molecule has 0 bridgehead atoms. The van der Waals surface area contributed by atoms with E-state index in [2.05, 4.69) is 60.0 Å². The molecule has 0 radical (unpaired) electrons. The van der Waals surface area contributed by atoms with Crippen LogP contribution in [-0.2, 0) is 0 Å². The number of ether oxygens (including phenoxy) is 1. The van der Waals surface area contributed by atoms with Crippen molar-refractivity contribution in [1.29, 1.82) is 0 Å². The second-order valence-electron chi connectivity index (χ2n) is 13.6. The smallest absolute Gasteiger partial charge is 0.406 e. The average molecular weight is 661 g/mol. The second kappa shape index (κ2) is 10.9. The van der Waals surface area contributed by atoms with Crippen molar-refractivity contribution in [3.8, 4) is 5.75 Å². The van der Waals surface area contributed by atoms with E-state index in [4.69, 9.17) is 4.74 Å². The van der Waals surface area contributed by atoms with Crippen molar-refractivity contribution in [2.45, 2.75) is 34.1 Å². The standard InChI is InChI=1S/C43H32BF3N2O/c1-25-13-17-29(18-14-25)48-38-23-31(50-43(45,46)47)24-39-40(38)44(36-21-27(3)32-9-5-7-11-34(32)41(36)48)37-22-28(4)33-10-6-8-12-35(33)42(37)49(39)30-19-15-26(2)16-20-30/h5-24H,1-4H3. The first-order valence-electron chi connectivity index (χ1n) is 16.8. The van der Waals surface area contributed by atoms with E-state index >= 15 is 0 Å². The number of aryl methyl sites for hydroxylation is 4. The van der Waals surface area contributed by atoms with Crippen LogP contribution in [0.5, 0.6) is 5.75 Å². The van der Waals surface area contributed by atoms with E-state index in [9.17, 15) is 13.2 Å². The van der Waals surface area contributed by atoms with E-state index in [1.807, 2.05) is 86.6 Å². The van der Waals surface area contributed by atoms with Crippen LogP contribution >= 0.6 is 0 Å². The van der Waals surface area contributed by atoms with Crippen LogP contribution in [0.15, 0.2) is 121 Å². The summed E-state index contributed by atoms with van der Waals surface area (Å²) < 4.78 is 47.3. The molecule has 2 heterocycles. The fourth-order valence-electron chi connectivity index (χ4n) is 8.18. The molecule has 9 rings (SSSR count). The zero-order valence-electron chi connectivity index (χ0n) is 28.1. The highest BCUT2D eigenvalue weighted by atomic mass is 19.4. The first-order chi connectivity index (χ1) is 24.1. The summed E-state index contributed by atoms with van der Waals surface area (Å²) in [5.74, 6) is -0.265. The predicted molar refractivity (Wildman–Crippen MR) is 201 cm³/mol. The molecule has 7 aromatic carbocycles. The van der Waals surface area contributed by atoms with Gasteiger partial charge in [0.25, 0.3) is 6.71 Å². The van der Waals surface area contributed by atoms with Gasteiger partial charge in [0, 0.05) is 57.0 Å². The van der Waals surface area contributed by atoms with Crippen molar-refractivity contribution in [3.05, 3.63) is 144 Å². The van der Waals surface area contributed by atoms with Crippen molar-refractivity contribution in [2.24, 2.45) is 0 Å². The maximum atomic E-state index is 14.2. The van der Waals surface area contributed by atoms with E-state index < -0.39 is 6.36 Å². The Labute approximate surface area is 289 Å². The third kappa shape index (κ3) is 4.60.